The molecule has 0 amide bonds. The largest absolute Gasteiger partial charge is 0.378 e. The quantitative estimate of drug-likeness (QED) is 0.386. The molecule has 0 unspecified atom stereocenters. The van der Waals surface area contributed by atoms with E-state index in [0.29, 0.717) is 6.54 Å². The first kappa shape index (κ1) is 15.8. The van der Waals surface area contributed by atoms with E-state index in [0.717, 1.165) is 34.4 Å². The fourth-order valence-electron chi connectivity index (χ4n) is 2.06. The molecule has 0 aliphatic carbocycles. The molecular formula is C15H9Br3ClNS. The van der Waals surface area contributed by atoms with Crippen LogP contribution in [0.3, 0.4) is 0 Å². The molecule has 1 nitrogen and oxygen atoms in total. The first-order chi connectivity index (χ1) is 10.1. The second kappa shape index (κ2) is 6.59. The maximum absolute atomic E-state index is 6.47. The Kier molecular flexibility index (Phi) is 4.96. The van der Waals surface area contributed by atoms with Gasteiger partial charge in [-0.25, -0.2) is 0 Å². The first-order valence-electron chi connectivity index (χ1n) is 6.10. The van der Waals surface area contributed by atoms with E-state index < -0.39 is 0 Å². The molecule has 0 fully saturated rings. The predicted octanol–water partition coefficient (Wildman–Crippen LogP) is 7.45. The van der Waals surface area contributed by atoms with Crippen LogP contribution >= 0.6 is 70.7 Å². The Morgan fingerprint density at radius 1 is 1.05 bits per heavy atom. The molecule has 1 N–H and O–H groups in total. The number of nitrogens with one attached hydrogen (secondary N) is 1. The van der Waals surface area contributed by atoms with Crippen LogP contribution in [0.15, 0.2) is 49.8 Å². The summed E-state index contributed by atoms with van der Waals surface area (Å²) in [7, 11) is 0. The van der Waals surface area contributed by atoms with Crippen molar-refractivity contribution in [2.24, 2.45) is 0 Å². The van der Waals surface area contributed by atoms with E-state index in [2.05, 4.69) is 65.2 Å². The van der Waals surface area contributed by atoms with Gasteiger partial charge in [0.15, 0.2) is 0 Å². The van der Waals surface area contributed by atoms with E-state index in [1.165, 1.54) is 4.70 Å². The van der Waals surface area contributed by atoms with Gasteiger partial charge in [0.25, 0.3) is 0 Å². The molecule has 108 valence electrons. The molecular weight excluding hydrogens is 501 g/mol. The fraction of sp³-hybridized carbons (Fsp3) is 0.0667. The Morgan fingerprint density at radius 3 is 2.38 bits per heavy atom. The number of benzene rings is 2. The van der Waals surface area contributed by atoms with Crippen molar-refractivity contribution in [2.75, 3.05) is 5.32 Å². The molecule has 21 heavy (non-hydrogen) atoms. The number of hydrogen-bond donors (Lipinski definition) is 1. The van der Waals surface area contributed by atoms with Gasteiger partial charge in [-0.2, -0.15) is 0 Å². The van der Waals surface area contributed by atoms with Gasteiger partial charge in [-0.1, -0.05) is 45.7 Å². The summed E-state index contributed by atoms with van der Waals surface area (Å²) in [4.78, 5) is 1.14. The summed E-state index contributed by atoms with van der Waals surface area (Å²) in [6.45, 7) is 0.691. The summed E-state index contributed by atoms with van der Waals surface area (Å²) in [5, 5.41) is 5.40. The highest BCUT2D eigenvalue weighted by atomic mass is 79.9. The Morgan fingerprint density at radius 2 is 1.71 bits per heavy atom. The molecule has 0 saturated heterocycles. The average molecular weight is 510 g/mol. The van der Waals surface area contributed by atoms with Crippen LogP contribution in [0.25, 0.3) is 10.1 Å². The summed E-state index contributed by atoms with van der Waals surface area (Å²) in [6, 6.07) is 12.2. The van der Waals surface area contributed by atoms with E-state index in [1.54, 1.807) is 11.3 Å². The summed E-state index contributed by atoms with van der Waals surface area (Å²) < 4.78 is 4.24. The monoisotopic (exact) mass is 507 g/mol. The summed E-state index contributed by atoms with van der Waals surface area (Å²) in [6.07, 6.45) is 0. The van der Waals surface area contributed by atoms with E-state index in [1.807, 2.05) is 24.3 Å². The molecule has 0 bridgehead atoms. The van der Waals surface area contributed by atoms with Crippen molar-refractivity contribution < 1.29 is 0 Å². The molecule has 0 aliphatic heterocycles. The van der Waals surface area contributed by atoms with Gasteiger partial charge in [-0.3, -0.25) is 0 Å². The predicted molar refractivity (Wildman–Crippen MR) is 104 cm³/mol. The Labute approximate surface area is 157 Å². The lowest BCUT2D eigenvalue weighted by molar-refractivity contribution is 1.18. The lowest BCUT2D eigenvalue weighted by atomic mass is 10.2. The highest BCUT2D eigenvalue weighted by molar-refractivity contribution is 9.11. The number of rotatable bonds is 3. The minimum absolute atomic E-state index is 0.691. The zero-order chi connectivity index (χ0) is 15.0. The van der Waals surface area contributed by atoms with Crippen LogP contribution in [0, 0.1) is 0 Å². The van der Waals surface area contributed by atoms with E-state index in [-0.39, 0.29) is 0 Å². The Hall–Kier alpha value is -0.0700. The molecule has 0 aliphatic rings. The number of fused-ring (bicyclic) bond motifs is 1. The molecule has 0 saturated carbocycles. The van der Waals surface area contributed by atoms with Crippen molar-refractivity contribution in [3.8, 4) is 0 Å². The zero-order valence-electron chi connectivity index (χ0n) is 10.6. The second-order valence-corrected chi connectivity index (χ2v) is 8.57. The average Bonchev–Trinajstić information content (AvgIpc) is 2.75. The van der Waals surface area contributed by atoms with Gasteiger partial charge in [0, 0.05) is 28.4 Å². The van der Waals surface area contributed by atoms with Gasteiger partial charge >= 0.3 is 0 Å². The normalized spacial score (nSPS) is 11.0. The van der Waals surface area contributed by atoms with E-state index in [9.17, 15) is 0 Å². The zero-order valence-corrected chi connectivity index (χ0v) is 16.9. The number of hydrogen-bond acceptors (Lipinski definition) is 2. The summed E-state index contributed by atoms with van der Waals surface area (Å²) >= 11 is 18.8. The second-order valence-electron chi connectivity index (χ2n) is 4.43. The van der Waals surface area contributed by atoms with Crippen LogP contribution in [-0.4, -0.2) is 0 Å². The van der Waals surface area contributed by atoms with Gasteiger partial charge < -0.3 is 5.32 Å². The van der Waals surface area contributed by atoms with Gasteiger partial charge in [0.05, 0.1) is 17.3 Å². The van der Waals surface area contributed by atoms with Crippen LogP contribution in [-0.2, 0) is 6.54 Å². The van der Waals surface area contributed by atoms with Crippen molar-refractivity contribution in [2.45, 2.75) is 6.54 Å². The van der Waals surface area contributed by atoms with E-state index in [4.69, 9.17) is 11.6 Å². The van der Waals surface area contributed by atoms with Crippen LogP contribution in [0.1, 0.15) is 4.88 Å². The molecule has 6 heteroatoms. The third kappa shape index (κ3) is 3.32. The molecule has 0 radical (unpaired) electrons. The standard InChI is InChI=1S/C15H9Br3ClNS/c16-8-5-10(17)15(11(18)6-8)20-7-13-14(19)9-3-1-2-4-12(9)21-13/h1-6,20H,7H2. The fourth-order valence-corrected chi connectivity index (χ4v) is 6.04. The summed E-state index contributed by atoms with van der Waals surface area (Å²) in [5.41, 5.74) is 1.02. The molecule has 0 atom stereocenters. The van der Waals surface area contributed by atoms with Crippen molar-refractivity contribution in [1.29, 1.82) is 0 Å². The molecule has 1 aromatic heterocycles. The molecule has 3 rings (SSSR count). The topological polar surface area (TPSA) is 12.0 Å². The lowest BCUT2D eigenvalue weighted by Crippen LogP contribution is -1.99. The van der Waals surface area contributed by atoms with Gasteiger partial charge in [0.2, 0.25) is 0 Å². The molecule has 2 aromatic carbocycles. The third-order valence-electron chi connectivity index (χ3n) is 3.03. The third-order valence-corrected chi connectivity index (χ3v) is 6.46. The molecule has 0 spiro atoms. The SMILES string of the molecule is Clc1c(CNc2c(Br)cc(Br)cc2Br)sc2ccccc12. The van der Waals surface area contributed by atoms with Gasteiger partial charge in [-0.15, -0.1) is 11.3 Å². The van der Waals surface area contributed by atoms with E-state index >= 15 is 0 Å². The molecule has 3 aromatic rings. The number of halogens is 4. The van der Waals surface area contributed by atoms with Crippen molar-refractivity contribution in [3.05, 3.63) is 59.7 Å². The minimum Gasteiger partial charge on any atom is -0.378 e. The van der Waals surface area contributed by atoms with Crippen LogP contribution < -0.4 is 5.32 Å². The van der Waals surface area contributed by atoms with Crippen molar-refractivity contribution >= 4 is 86.5 Å². The van der Waals surface area contributed by atoms with Crippen molar-refractivity contribution in [1.82, 2.24) is 0 Å². The summed E-state index contributed by atoms with van der Waals surface area (Å²) in [5.74, 6) is 0. The Balaban J connectivity index is 1.89. The van der Waals surface area contributed by atoms with Crippen LogP contribution in [0.4, 0.5) is 5.69 Å². The Bertz CT molecular complexity index is 793. The first-order valence-corrected chi connectivity index (χ1v) is 9.68. The maximum atomic E-state index is 6.47. The highest BCUT2D eigenvalue weighted by Gasteiger charge is 2.11. The minimum atomic E-state index is 0.691. The number of anilines is 1. The van der Waals surface area contributed by atoms with Crippen molar-refractivity contribution in [3.63, 3.8) is 0 Å². The smallest absolute Gasteiger partial charge is 0.0642 e. The van der Waals surface area contributed by atoms with Gasteiger partial charge in [-0.05, 0) is 50.1 Å². The van der Waals surface area contributed by atoms with Crippen LogP contribution in [0.2, 0.25) is 5.02 Å². The van der Waals surface area contributed by atoms with Crippen LogP contribution in [0.5, 0.6) is 0 Å². The number of thiophene rings is 1. The lowest BCUT2D eigenvalue weighted by Gasteiger charge is -2.11. The maximum Gasteiger partial charge on any atom is 0.0642 e. The van der Waals surface area contributed by atoms with Gasteiger partial charge in [0.1, 0.15) is 0 Å². The molecule has 1 heterocycles. The highest BCUT2D eigenvalue weighted by Crippen LogP contribution is 2.38.